The van der Waals surface area contributed by atoms with Gasteiger partial charge in [0.2, 0.25) is 0 Å². The highest BCUT2D eigenvalue weighted by Gasteiger charge is 2.10. The molecule has 0 amide bonds. The van der Waals surface area contributed by atoms with Crippen molar-refractivity contribution in [3.8, 4) is 10.6 Å². The van der Waals surface area contributed by atoms with Gasteiger partial charge >= 0.3 is 0 Å². The summed E-state index contributed by atoms with van der Waals surface area (Å²) in [6, 6.07) is 8.38. The van der Waals surface area contributed by atoms with E-state index in [-0.39, 0.29) is 5.54 Å². The lowest BCUT2D eigenvalue weighted by Gasteiger charge is -2.19. The minimum absolute atomic E-state index is 0.156. The number of hydrogen-bond donors (Lipinski definition) is 1. The second kappa shape index (κ2) is 6.28. The third kappa shape index (κ3) is 4.81. The smallest absolute Gasteiger partial charge is 0.147 e. The molecule has 0 saturated carbocycles. The zero-order valence-electron chi connectivity index (χ0n) is 11.4. The van der Waals surface area contributed by atoms with Crippen LogP contribution in [0.25, 0.3) is 10.6 Å². The van der Waals surface area contributed by atoms with E-state index < -0.39 is 0 Å². The van der Waals surface area contributed by atoms with Gasteiger partial charge in [-0.1, -0.05) is 23.5 Å². The number of nitrogens with one attached hydrogen (secondary N) is 1. The number of rotatable bonds is 4. The molecule has 3 nitrogen and oxygen atoms in total. The summed E-state index contributed by atoms with van der Waals surface area (Å²) in [4.78, 5) is 0. The molecule has 1 N–H and O–H groups in total. The fourth-order valence-corrected chi connectivity index (χ4v) is 2.81. The monoisotopic (exact) mass is 387 g/mol. The molecular weight excluding hydrogens is 369 g/mol. The fraction of sp³-hybridized carbons (Fsp3) is 0.429. The summed E-state index contributed by atoms with van der Waals surface area (Å²) in [5, 5.41) is 14.1. The summed E-state index contributed by atoms with van der Waals surface area (Å²) in [6.07, 6.45) is 0.930. The van der Waals surface area contributed by atoms with Crippen molar-refractivity contribution in [3.63, 3.8) is 0 Å². The second-order valence-electron chi connectivity index (χ2n) is 5.43. The molecule has 0 radical (unpaired) electrons. The van der Waals surface area contributed by atoms with Crippen molar-refractivity contribution in [1.82, 2.24) is 15.5 Å². The van der Waals surface area contributed by atoms with Gasteiger partial charge in [0, 0.05) is 27.6 Å². The van der Waals surface area contributed by atoms with Crippen molar-refractivity contribution in [1.29, 1.82) is 0 Å². The lowest BCUT2D eigenvalue weighted by Crippen LogP contribution is -2.37. The topological polar surface area (TPSA) is 37.8 Å². The van der Waals surface area contributed by atoms with Crippen LogP contribution in [-0.2, 0) is 6.42 Å². The van der Waals surface area contributed by atoms with Crippen molar-refractivity contribution in [2.75, 3.05) is 6.54 Å². The first-order valence-electron chi connectivity index (χ1n) is 6.27. The average Bonchev–Trinajstić information content (AvgIpc) is 2.77. The summed E-state index contributed by atoms with van der Waals surface area (Å²) in [6.45, 7) is 7.45. The summed E-state index contributed by atoms with van der Waals surface area (Å²) in [7, 11) is 0. The largest absolute Gasteiger partial charge is 0.312 e. The normalized spacial score (nSPS) is 11.8. The summed E-state index contributed by atoms with van der Waals surface area (Å²) in [5.74, 6) is 0. The molecule has 0 aliphatic heterocycles. The van der Waals surface area contributed by atoms with E-state index >= 15 is 0 Å². The summed E-state index contributed by atoms with van der Waals surface area (Å²) in [5.41, 5.74) is 1.30. The Labute approximate surface area is 132 Å². The van der Waals surface area contributed by atoms with E-state index in [0.29, 0.717) is 0 Å². The highest BCUT2D eigenvalue weighted by molar-refractivity contribution is 14.1. The van der Waals surface area contributed by atoms with Crippen LogP contribution in [0.15, 0.2) is 24.3 Å². The third-order valence-electron chi connectivity index (χ3n) is 2.55. The Hall–Kier alpha value is -0.530. The van der Waals surface area contributed by atoms with Gasteiger partial charge in [-0.2, -0.15) is 0 Å². The number of halogens is 1. The Bertz CT molecular complexity index is 528. The molecule has 0 spiro atoms. The quantitative estimate of drug-likeness (QED) is 0.813. The van der Waals surface area contributed by atoms with Gasteiger partial charge in [0.25, 0.3) is 0 Å². The molecular formula is C14H18IN3S. The van der Waals surface area contributed by atoms with Gasteiger partial charge in [0.05, 0.1) is 0 Å². The molecule has 1 heterocycles. The van der Waals surface area contributed by atoms with Crippen LogP contribution in [0.1, 0.15) is 25.8 Å². The van der Waals surface area contributed by atoms with Gasteiger partial charge < -0.3 is 5.32 Å². The van der Waals surface area contributed by atoms with Crippen molar-refractivity contribution in [2.45, 2.75) is 32.7 Å². The lowest BCUT2D eigenvalue weighted by molar-refractivity contribution is 0.429. The predicted molar refractivity (Wildman–Crippen MR) is 89.5 cm³/mol. The van der Waals surface area contributed by atoms with E-state index in [9.17, 15) is 0 Å². The molecule has 102 valence electrons. The molecule has 0 atom stereocenters. The molecule has 5 heteroatoms. The fourth-order valence-electron chi connectivity index (χ4n) is 1.61. The van der Waals surface area contributed by atoms with E-state index in [1.54, 1.807) is 11.3 Å². The highest BCUT2D eigenvalue weighted by Crippen LogP contribution is 2.24. The number of nitrogens with zero attached hydrogens (tertiary/aromatic N) is 2. The third-order valence-corrected chi connectivity index (χ3v) is 4.30. The Kier molecular flexibility index (Phi) is 4.92. The van der Waals surface area contributed by atoms with Gasteiger partial charge in [-0.15, -0.1) is 10.2 Å². The lowest BCUT2D eigenvalue weighted by atomic mass is 10.1. The van der Waals surface area contributed by atoms with Gasteiger partial charge in [-0.05, 0) is 55.5 Å². The molecule has 0 unspecified atom stereocenters. The molecule has 2 rings (SSSR count). The van der Waals surface area contributed by atoms with Crippen molar-refractivity contribution in [3.05, 3.63) is 32.8 Å². The minimum Gasteiger partial charge on any atom is -0.312 e. The van der Waals surface area contributed by atoms with Gasteiger partial charge in [-0.25, -0.2) is 0 Å². The van der Waals surface area contributed by atoms with E-state index in [4.69, 9.17) is 0 Å². The van der Waals surface area contributed by atoms with E-state index in [1.165, 1.54) is 3.57 Å². The molecule has 19 heavy (non-hydrogen) atoms. The Morgan fingerprint density at radius 3 is 2.47 bits per heavy atom. The zero-order valence-corrected chi connectivity index (χ0v) is 14.4. The second-order valence-corrected chi connectivity index (χ2v) is 7.74. The van der Waals surface area contributed by atoms with Crippen LogP contribution in [-0.4, -0.2) is 22.3 Å². The SMILES string of the molecule is CC(C)(C)NCCc1nnc(-c2ccc(I)cc2)s1. The van der Waals surface area contributed by atoms with E-state index in [0.717, 1.165) is 28.5 Å². The van der Waals surface area contributed by atoms with Crippen LogP contribution in [0.5, 0.6) is 0 Å². The molecule has 1 aromatic carbocycles. The predicted octanol–water partition coefficient (Wildman–Crippen LogP) is 3.74. The molecule has 0 saturated heterocycles. The Balaban J connectivity index is 1.97. The first-order valence-corrected chi connectivity index (χ1v) is 8.17. The van der Waals surface area contributed by atoms with Crippen molar-refractivity contribution >= 4 is 33.9 Å². The van der Waals surface area contributed by atoms with Gasteiger partial charge in [0.1, 0.15) is 10.0 Å². The number of aromatic nitrogens is 2. The van der Waals surface area contributed by atoms with E-state index in [2.05, 4.69) is 83.1 Å². The highest BCUT2D eigenvalue weighted by atomic mass is 127. The maximum atomic E-state index is 4.27. The molecule has 1 aromatic heterocycles. The standard InChI is InChI=1S/C14H18IN3S/c1-14(2,3)16-9-8-12-17-18-13(19-12)10-4-6-11(15)7-5-10/h4-7,16H,8-9H2,1-3H3. The summed E-state index contributed by atoms with van der Waals surface area (Å²) < 4.78 is 1.24. The van der Waals surface area contributed by atoms with Crippen LogP contribution in [0, 0.1) is 3.57 Å². The minimum atomic E-state index is 0.156. The van der Waals surface area contributed by atoms with Crippen LogP contribution < -0.4 is 5.32 Å². The average molecular weight is 387 g/mol. The van der Waals surface area contributed by atoms with Crippen LogP contribution >= 0.6 is 33.9 Å². The molecule has 0 aliphatic carbocycles. The first kappa shape index (κ1) is 14.9. The molecule has 0 fully saturated rings. The van der Waals surface area contributed by atoms with E-state index in [1.807, 2.05) is 0 Å². The summed E-state index contributed by atoms with van der Waals surface area (Å²) >= 11 is 3.98. The molecule has 0 aliphatic rings. The molecule has 0 bridgehead atoms. The van der Waals surface area contributed by atoms with Crippen molar-refractivity contribution < 1.29 is 0 Å². The van der Waals surface area contributed by atoms with Gasteiger partial charge in [0.15, 0.2) is 0 Å². The Morgan fingerprint density at radius 1 is 1.16 bits per heavy atom. The number of hydrogen-bond acceptors (Lipinski definition) is 4. The maximum absolute atomic E-state index is 4.27. The van der Waals surface area contributed by atoms with Gasteiger partial charge in [-0.3, -0.25) is 0 Å². The van der Waals surface area contributed by atoms with Crippen LogP contribution in [0.3, 0.4) is 0 Å². The van der Waals surface area contributed by atoms with Crippen molar-refractivity contribution in [2.24, 2.45) is 0 Å². The first-order chi connectivity index (χ1) is 8.94. The zero-order chi connectivity index (χ0) is 13.9. The van der Waals surface area contributed by atoms with Crippen LogP contribution in [0.2, 0.25) is 0 Å². The Morgan fingerprint density at radius 2 is 1.84 bits per heavy atom. The maximum Gasteiger partial charge on any atom is 0.147 e. The van der Waals surface area contributed by atoms with Crippen LogP contribution in [0.4, 0.5) is 0 Å². The number of benzene rings is 1. The molecule has 2 aromatic rings.